The monoisotopic (exact) mass is 463 g/mol. The molecule has 4 amide bonds. The lowest BCUT2D eigenvalue weighted by molar-refractivity contribution is -0.137. The van der Waals surface area contributed by atoms with Gasteiger partial charge in [-0.15, -0.1) is 0 Å². The van der Waals surface area contributed by atoms with Crippen LogP contribution in [0.2, 0.25) is 0 Å². The van der Waals surface area contributed by atoms with E-state index in [4.69, 9.17) is 0 Å². The minimum atomic E-state index is -4.51. The van der Waals surface area contributed by atoms with Crippen LogP contribution in [-0.4, -0.2) is 48.8 Å². The number of urea groups is 2. The molecule has 2 aromatic rings. The van der Waals surface area contributed by atoms with E-state index < -0.39 is 30.1 Å². The number of alkyl halides is 3. The summed E-state index contributed by atoms with van der Waals surface area (Å²) in [4.78, 5) is 30.3. The molecular formula is C23H28F3N5O2. The molecule has 1 saturated heterocycles. The van der Waals surface area contributed by atoms with Gasteiger partial charge in [0.05, 0.1) is 12.1 Å². The molecule has 1 aliphatic heterocycles. The summed E-state index contributed by atoms with van der Waals surface area (Å²) < 4.78 is 39.4. The SMILES string of the molecule is CCCCN1C(=O)NC(Nc2cccc(C(F)(F)F)c2)N(Cc2ccc(N(C)C)cc2)C1=O. The fourth-order valence-electron chi connectivity index (χ4n) is 3.45. The second-order valence-corrected chi connectivity index (χ2v) is 8.05. The Morgan fingerprint density at radius 3 is 2.39 bits per heavy atom. The van der Waals surface area contributed by atoms with Crippen molar-refractivity contribution in [2.75, 3.05) is 30.9 Å². The van der Waals surface area contributed by atoms with Crippen molar-refractivity contribution in [2.24, 2.45) is 0 Å². The number of halogens is 3. The van der Waals surface area contributed by atoms with E-state index in [1.165, 1.54) is 17.0 Å². The Bertz CT molecular complexity index is 979. The molecule has 7 nitrogen and oxygen atoms in total. The highest BCUT2D eigenvalue weighted by Gasteiger charge is 2.38. The van der Waals surface area contributed by atoms with Crippen LogP contribution >= 0.6 is 0 Å². The quantitative estimate of drug-likeness (QED) is 0.584. The molecule has 2 N–H and O–H groups in total. The fourth-order valence-corrected chi connectivity index (χ4v) is 3.45. The molecule has 0 aliphatic carbocycles. The first-order valence-corrected chi connectivity index (χ1v) is 10.7. The predicted octanol–water partition coefficient (Wildman–Crippen LogP) is 4.91. The lowest BCUT2D eigenvalue weighted by atomic mass is 10.1. The second kappa shape index (κ2) is 10.0. The Morgan fingerprint density at radius 1 is 1.09 bits per heavy atom. The first-order valence-electron chi connectivity index (χ1n) is 10.7. The zero-order valence-corrected chi connectivity index (χ0v) is 18.8. The van der Waals surface area contributed by atoms with Crippen LogP contribution < -0.4 is 15.5 Å². The van der Waals surface area contributed by atoms with E-state index in [1.807, 2.05) is 50.2 Å². The number of hydrogen-bond acceptors (Lipinski definition) is 4. The van der Waals surface area contributed by atoms with Gasteiger partial charge in [0.25, 0.3) is 0 Å². The molecule has 1 aliphatic rings. The summed E-state index contributed by atoms with van der Waals surface area (Å²) in [5.74, 6) is 0. The van der Waals surface area contributed by atoms with E-state index in [2.05, 4.69) is 10.6 Å². The van der Waals surface area contributed by atoms with Crippen molar-refractivity contribution >= 4 is 23.4 Å². The van der Waals surface area contributed by atoms with E-state index in [1.54, 1.807) is 0 Å². The van der Waals surface area contributed by atoms with Crippen molar-refractivity contribution in [1.29, 1.82) is 0 Å². The van der Waals surface area contributed by atoms with Crippen LogP contribution in [-0.2, 0) is 12.7 Å². The largest absolute Gasteiger partial charge is 0.416 e. The van der Waals surface area contributed by atoms with Crippen molar-refractivity contribution in [1.82, 2.24) is 15.1 Å². The van der Waals surface area contributed by atoms with E-state index >= 15 is 0 Å². The number of hydrogen-bond donors (Lipinski definition) is 2. The molecule has 1 fully saturated rings. The van der Waals surface area contributed by atoms with Gasteiger partial charge < -0.3 is 10.2 Å². The lowest BCUT2D eigenvalue weighted by Crippen LogP contribution is -2.67. The Kier molecular flexibility index (Phi) is 7.35. The summed E-state index contributed by atoms with van der Waals surface area (Å²) in [6.07, 6.45) is -4.07. The molecule has 0 radical (unpaired) electrons. The highest BCUT2D eigenvalue weighted by molar-refractivity contribution is 5.96. The smallest absolute Gasteiger partial charge is 0.378 e. The molecule has 2 aromatic carbocycles. The van der Waals surface area contributed by atoms with E-state index in [9.17, 15) is 22.8 Å². The van der Waals surface area contributed by atoms with Gasteiger partial charge in [0, 0.05) is 32.0 Å². The van der Waals surface area contributed by atoms with Gasteiger partial charge in [-0.2, -0.15) is 13.2 Å². The van der Waals surface area contributed by atoms with E-state index in [0.29, 0.717) is 6.42 Å². The van der Waals surface area contributed by atoms with Crippen LogP contribution in [0.15, 0.2) is 48.5 Å². The number of benzene rings is 2. The molecular weight excluding hydrogens is 435 g/mol. The van der Waals surface area contributed by atoms with Crippen LogP contribution in [0.3, 0.4) is 0 Å². The number of unbranched alkanes of at least 4 members (excludes halogenated alkanes) is 1. The number of nitrogens with zero attached hydrogens (tertiary/aromatic N) is 3. The topological polar surface area (TPSA) is 67.9 Å². The molecule has 0 bridgehead atoms. The molecule has 1 unspecified atom stereocenters. The average Bonchev–Trinajstić information content (AvgIpc) is 2.76. The third-order valence-electron chi connectivity index (χ3n) is 5.33. The van der Waals surface area contributed by atoms with E-state index in [0.717, 1.165) is 34.7 Å². The minimum absolute atomic E-state index is 0.137. The highest BCUT2D eigenvalue weighted by atomic mass is 19.4. The van der Waals surface area contributed by atoms with Gasteiger partial charge in [-0.25, -0.2) is 14.5 Å². The maximum absolute atomic E-state index is 13.2. The highest BCUT2D eigenvalue weighted by Crippen LogP contribution is 2.31. The Labute approximate surface area is 191 Å². The van der Waals surface area contributed by atoms with Gasteiger partial charge in [-0.05, 0) is 42.3 Å². The summed E-state index contributed by atoms with van der Waals surface area (Å²) in [5.41, 5.74) is 1.12. The number of imide groups is 1. The number of carbonyl (C=O) groups excluding carboxylic acids is 2. The van der Waals surface area contributed by atoms with Crippen LogP contribution in [0.1, 0.15) is 30.9 Å². The molecule has 10 heteroatoms. The predicted molar refractivity (Wildman–Crippen MR) is 121 cm³/mol. The summed E-state index contributed by atoms with van der Waals surface area (Å²) in [6, 6.07) is 11.1. The minimum Gasteiger partial charge on any atom is -0.378 e. The van der Waals surface area contributed by atoms with Gasteiger partial charge >= 0.3 is 18.2 Å². The normalized spacial score (nSPS) is 16.6. The lowest BCUT2D eigenvalue weighted by Gasteiger charge is -2.41. The molecule has 178 valence electrons. The van der Waals surface area contributed by atoms with Crippen LogP contribution in [0.4, 0.5) is 34.1 Å². The Hall–Kier alpha value is -3.43. The molecule has 0 spiro atoms. The molecule has 33 heavy (non-hydrogen) atoms. The van der Waals surface area contributed by atoms with Crippen LogP contribution in [0.5, 0.6) is 0 Å². The summed E-state index contributed by atoms with van der Waals surface area (Å²) >= 11 is 0. The first-order chi connectivity index (χ1) is 15.6. The number of anilines is 2. The van der Waals surface area contributed by atoms with Crippen molar-refractivity contribution in [3.63, 3.8) is 0 Å². The molecule has 1 heterocycles. The number of rotatable bonds is 8. The summed E-state index contributed by atoms with van der Waals surface area (Å²) in [6.45, 7) is 2.37. The van der Waals surface area contributed by atoms with Crippen molar-refractivity contribution in [3.05, 3.63) is 59.7 Å². The standard InChI is InChI=1S/C23H28F3N5O2/c1-4-5-13-30-21(32)28-20(27-18-8-6-7-17(14-18)23(24,25)26)31(22(30)33)15-16-9-11-19(12-10-16)29(2)3/h6-12,14,20,27H,4-5,13,15H2,1-3H3,(H,28,32). The first kappa shape index (κ1) is 24.2. The van der Waals surface area contributed by atoms with E-state index in [-0.39, 0.29) is 18.8 Å². The third-order valence-corrected chi connectivity index (χ3v) is 5.33. The van der Waals surface area contributed by atoms with Crippen molar-refractivity contribution in [3.8, 4) is 0 Å². The number of nitrogens with one attached hydrogen (secondary N) is 2. The molecule has 1 atom stereocenters. The third kappa shape index (κ3) is 5.88. The molecule has 3 rings (SSSR count). The number of amides is 4. The summed E-state index contributed by atoms with van der Waals surface area (Å²) in [5, 5.41) is 5.57. The Morgan fingerprint density at radius 2 is 1.79 bits per heavy atom. The fraction of sp³-hybridized carbons (Fsp3) is 0.391. The van der Waals surface area contributed by atoms with Crippen LogP contribution in [0, 0.1) is 0 Å². The van der Waals surface area contributed by atoms with Gasteiger partial charge in [0.15, 0.2) is 6.29 Å². The maximum Gasteiger partial charge on any atom is 0.416 e. The van der Waals surface area contributed by atoms with Gasteiger partial charge in [0.2, 0.25) is 0 Å². The summed E-state index contributed by atoms with van der Waals surface area (Å²) in [7, 11) is 3.83. The van der Waals surface area contributed by atoms with Crippen molar-refractivity contribution in [2.45, 2.75) is 38.8 Å². The van der Waals surface area contributed by atoms with Gasteiger partial charge in [-0.3, -0.25) is 10.2 Å². The second-order valence-electron chi connectivity index (χ2n) is 8.05. The van der Waals surface area contributed by atoms with Gasteiger partial charge in [0.1, 0.15) is 0 Å². The Balaban J connectivity index is 1.87. The van der Waals surface area contributed by atoms with Crippen molar-refractivity contribution < 1.29 is 22.8 Å². The van der Waals surface area contributed by atoms with Crippen LogP contribution in [0.25, 0.3) is 0 Å². The maximum atomic E-state index is 13.2. The zero-order chi connectivity index (χ0) is 24.2. The average molecular weight is 464 g/mol. The zero-order valence-electron chi connectivity index (χ0n) is 18.8. The molecule has 0 aromatic heterocycles. The van der Waals surface area contributed by atoms with Gasteiger partial charge in [-0.1, -0.05) is 31.5 Å². The number of carbonyl (C=O) groups is 2. The molecule has 0 saturated carbocycles.